The highest BCUT2D eigenvalue weighted by Crippen LogP contribution is 2.47. The Balaban J connectivity index is 1.93. The van der Waals surface area contributed by atoms with Gasteiger partial charge in [0.1, 0.15) is 0 Å². The molecule has 1 aliphatic heterocycles. The van der Waals surface area contributed by atoms with Gasteiger partial charge in [0.05, 0.1) is 5.92 Å². The molecule has 0 bridgehead atoms. The summed E-state index contributed by atoms with van der Waals surface area (Å²) in [7, 11) is 0. The first-order valence-corrected chi connectivity index (χ1v) is 9.29. The Bertz CT molecular complexity index is 1020. The number of amides is 1. The van der Waals surface area contributed by atoms with Gasteiger partial charge in [-0.15, -0.1) is 0 Å². The third-order valence-electron chi connectivity index (χ3n) is 4.86. The number of nitrogens with one attached hydrogen (secondary N) is 1. The molecule has 0 fully saturated rings. The van der Waals surface area contributed by atoms with Crippen LogP contribution in [-0.2, 0) is 10.4 Å². The topological polar surface area (TPSA) is 66.4 Å². The van der Waals surface area contributed by atoms with Crippen molar-refractivity contribution in [2.45, 2.75) is 11.5 Å². The lowest BCUT2D eigenvalue weighted by Crippen LogP contribution is -2.44. The van der Waals surface area contributed by atoms with Gasteiger partial charge >= 0.3 is 0 Å². The predicted octanol–water partition coefficient (Wildman–Crippen LogP) is 4.26. The molecular weight excluding hydrogens is 406 g/mol. The number of hydrogen-bond donors (Lipinski definition) is 2. The number of fused-ring (bicyclic) bond motifs is 1. The maximum atomic E-state index is 13.4. The first kappa shape index (κ1) is 17.6. The number of carbonyl (C=O) groups excluding carboxylic acids is 2. The number of ketones is 1. The van der Waals surface area contributed by atoms with E-state index in [9.17, 15) is 14.7 Å². The normalized spacial score (nSPS) is 19.3. The Kier molecular flexibility index (Phi) is 4.42. The molecule has 4 nitrogen and oxygen atoms in total. The zero-order valence-electron chi connectivity index (χ0n) is 14.2. The number of halogens is 1. The quantitative estimate of drug-likeness (QED) is 0.618. The van der Waals surface area contributed by atoms with Crippen molar-refractivity contribution in [3.05, 3.63) is 100 Å². The van der Waals surface area contributed by atoms with Crippen molar-refractivity contribution in [3.8, 4) is 0 Å². The van der Waals surface area contributed by atoms with E-state index in [1.807, 2.05) is 12.1 Å². The highest BCUT2D eigenvalue weighted by Gasteiger charge is 2.54. The van der Waals surface area contributed by atoms with Crippen LogP contribution >= 0.6 is 15.9 Å². The highest BCUT2D eigenvalue weighted by atomic mass is 79.9. The number of carbonyl (C=O) groups is 2. The smallest absolute Gasteiger partial charge is 0.262 e. The maximum absolute atomic E-state index is 13.4. The van der Waals surface area contributed by atoms with E-state index < -0.39 is 17.4 Å². The number of aliphatic hydroxyl groups is 1. The summed E-state index contributed by atoms with van der Waals surface area (Å²) >= 11 is 3.39. The van der Waals surface area contributed by atoms with Crippen molar-refractivity contribution in [2.75, 3.05) is 5.32 Å². The molecule has 2 atom stereocenters. The number of benzene rings is 3. The standard InChI is InChI=1S/C22H16BrNO3/c23-16-11-12-18-17(13-16)22(27,21(26)24-18)19(14-7-3-1-4-8-14)20(25)15-9-5-2-6-10-15/h1-13,19,27H,(H,24,26)/t19-,22-/m1/s1. The van der Waals surface area contributed by atoms with Crippen LogP contribution in [0.25, 0.3) is 0 Å². The fourth-order valence-corrected chi connectivity index (χ4v) is 3.93. The van der Waals surface area contributed by atoms with Crippen LogP contribution in [0.15, 0.2) is 83.3 Å². The second-order valence-corrected chi connectivity index (χ2v) is 7.40. The van der Waals surface area contributed by atoms with Crippen molar-refractivity contribution in [1.29, 1.82) is 0 Å². The van der Waals surface area contributed by atoms with Crippen LogP contribution in [0.3, 0.4) is 0 Å². The van der Waals surface area contributed by atoms with Gasteiger partial charge in [-0.05, 0) is 23.8 Å². The van der Waals surface area contributed by atoms with Crippen molar-refractivity contribution in [3.63, 3.8) is 0 Å². The fourth-order valence-electron chi connectivity index (χ4n) is 3.56. The average molecular weight is 422 g/mol. The van der Waals surface area contributed by atoms with Crippen molar-refractivity contribution >= 4 is 33.3 Å². The summed E-state index contributed by atoms with van der Waals surface area (Å²) in [5.74, 6) is -1.99. The van der Waals surface area contributed by atoms with Gasteiger partial charge in [-0.3, -0.25) is 9.59 Å². The summed E-state index contributed by atoms with van der Waals surface area (Å²) in [6.45, 7) is 0. The van der Waals surface area contributed by atoms with E-state index in [-0.39, 0.29) is 5.78 Å². The Morgan fingerprint density at radius 3 is 2.26 bits per heavy atom. The van der Waals surface area contributed by atoms with Gasteiger partial charge in [-0.2, -0.15) is 0 Å². The lowest BCUT2D eigenvalue weighted by molar-refractivity contribution is -0.135. The van der Waals surface area contributed by atoms with Crippen LogP contribution in [0.4, 0.5) is 5.69 Å². The largest absolute Gasteiger partial charge is 0.374 e. The molecule has 0 aromatic heterocycles. The zero-order valence-corrected chi connectivity index (χ0v) is 15.8. The van der Waals surface area contributed by atoms with E-state index in [0.717, 1.165) is 4.47 Å². The Hall–Kier alpha value is -2.76. The fraction of sp³-hybridized carbons (Fsp3) is 0.0909. The third-order valence-corrected chi connectivity index (χ3v) is 5.35. The van der Waals surface area contributed by atoms with Crippen LogP contribution in [0, 0.1) is 0 Å². The van der Waals surface area contributed by atoms with Crippen molar-refractivity contribution in [2.24, 2.45) is 0 Å². The average Bonchev–Trinajstić information content (AvgIpc) is 2.94. The number of Topliss-reactive ketones (excluding diaryl/α,β-unsaturated/α-hetero) is 1. The van der Waals surface area contributed by atoms with E-state index in [1.54, 1.807) is 66.7 Å². The first-order valence-electron chi connectivity index (χ1n) is 8.50. The highest BCUT2D eigenvalue weighted by molar-refractivity contribution is 9.10. The minimum Gasteiger partial charge on any atom is -0.374 e. The molecule has 0 aliphatic carbocycles. The molecule has 2 N–H and O–H groups in total. The maximum Gasteiger partial charge on any atom is 0.262 e. The molecule has 0 saturated heterocycles. The molecule has 0 spiro atoms. The van der Waals surface area contributed by atoms with E-state index >= 15 is 0 Å². The van der Waals surface area contributed by atoms with E-state index in [4.69, 9.17) is 0 Å². The minimum atomic E-state index is -2.01. The third kappa shape index (κ3) is 2.89. The molecule has 0 radical (unpaired) electrons. The van der Waals surface area contributed by atoms with E-state index in [1.165, 1.54) is 0 Å². The summed E-state index contributed by atoms with van der Waals surface area (Å²) < 4.78 is 0.718. The summed E-state index contributed by atoms with van der Waals surface area (Å²) in [6, 6.07) is 22.8. The van der Waals surface area contributed by atoms with Crippen molar-refractivity contribution < 1.29 is 14.7 Å². The minimum absolute atomic E-state index is 0.313. The number of anilines is 1. The molecule has 1 aliphatic rings. The zero-order chi connectivity index (χ0) is 19.0. The predicted molar refractivity (Wildman–Crippen MR) is 107 cm³/mol. The Morgan fingerprint density at radius 2 is 1.59 bits per heavy atom. The van der Waals surface area contributed by atoms with E-state index in [2.05, 4.69) is 21.2 Å². The van der Waals surface area contributed by atoms with Gasteiger partial charge < -0.3 is 10.4 Å². The summed E-state index contributed by atoms with van der Waals surface area (Å²) in [6.07, 6.45) is 0. The molecule has 3 aromatic carbocycles. The second-order valence-electron chi connectivity index (χ2n) is 6.48. The van der Waals surface area contributed by atoms with Gasteiger partial charge in [-0.1, -0.05) is 76.6 Å². The monoisotopic (exact) mass is 421 g/mol. The molecule has 4 rings (SSSR count). The van der Waals surface area contributed by atoms with Gasteiger partial charge in [0.2, 0.25) is 0 Å². The second kappa shape index (κ2) is 6.76. The molecule has 0 saturated carbocycles. The Labute approximate surface area is 165 Å². The van der Waals surface area contributed by atoms with Crippen LogP contribution in [0.2, 0.25) is 0 Å². The molecule has 1 heterocycles. The molecular formula is C22H16BrNO3. The summed E-state index contributed by atoms with van der Waals surface area (Å²) in [5, 5.41) is 14.3. The van der Waals surface area contributed by atoms with Gasteiger partial charge in [-0.25, -0.2) is 0 Å². The molecule has 3 aromatic rings. The molecule has 1 amide bonds. The Morgan fingerprint density at radius 1 is 0.963 bits per heavy atom. The lowest BCUT2D eigenvalue weighted by Gasteiger charge is -2.30. The van der Waals surface area contributed by atoms with Crippen LogP contribution in [0.5, 0.6) is 0 Å². The van der Waals surface area contributed by atoms with Crippen molar-refractivity contribution in [1.82, 2.24) is 0 Å². The van der Waals surface area contributed by atoms with Gasteiger partial charge in [0, 0.05) is 21.3 Å². The molecule has 134 valence electrons. The molecule has 0 unspecified atom stereocenters. The van der Waals surface area contributed by atoms with Gasteiger partial charge in [0.15, 0.2) is 11.4 Å². The first-order chi connectivity index (χ1) is 13.0. The van der Waals surface area contributed by atoms with Crippen LogP contribution in [-0.4, -0.2) is 16.8 Å². The van der Waals surface area contributed by atoms with Crippen LogP contribution in [0.1, 0.15) is 27.4 Å². The number of rotatable bonds is 4. The lowest BCUT2D eigenvalue weighted by atomic mass is 9.74. The van der Waals surface area contributed by atoms with Gasteiger partial charge in [0.25, 0.3) is 5.91 Å². The molecule has 27 heavy (non-hydrogen) atoms. The summed E-state index contributed by atoms with van der Waals surface area (Å²) in [4.78, 5) is 26.3. The summed E-state index contributed by atoms with van der Waals surface area (Å²) in [5.41, 5.74) is -0.0896. The number of hydrogen-bond acceptors (Lipinski definition) is 3. The SMILES string of the molecule is O=C(c1ccccc1)[C@@H](c1ccccc1)[C@@]1(O)C(=O)Nc2ccc(Br)cc21. The van der Waals surface area contributed by atoms with E-state index in [0.29, 0.717) is 22.4 Å². The molecule has 5 heteroatoms. The van der Waals surface area contributed by atoms with Crippen LogP contribution < -0.4 is 5.32 Å².